The summed E-state index contributed by atoms with van der Waals surface area (Å²) < 4.78 is 27.4. The Morgan fingerprint density at radius 2 is 1.92 bits per heavy atom. The molecule has 0 spiro atoms. The van der Waals surface area contributed by atoms with Gasteiger partial charge in [-0.3, -0.25) is 4.79 Å². The average molecular weight is 374 g/mol. The van der Waals surface area contributed by atoms with E-state index in [9.17, 15) is 13.2 Å². The van der Waals surface area contributed by atoms with Gasteiger partial charge in [0.05, 0.1) is 17.1 Å². The van der Waals surface area contributed by atoms with Gasteiger partial charge in [0.15, 0.2) is 0 Å². The number of carbonyl (C=O) groups is 1. The first-order valence-electron chi connectivity index (χ1n) is 8.68. The van der Waals surface area contributed by atoms with Crippen LogP contribution in [0, 0.1) is 0 Å². The lowest BCUT2D eigenvalue weighted by atomic mass is 10.2. The number of nitrogens with zero attached hydrogens (tertiary/aromatic N) is 2. The van der Waals surface area contributed by atoms with Gasteiger partial charge in [-0.25, -0.2) is 23.1 Å². The molecule has 138 valence electrons. The zero-order chi connectivity index (χ0) is 18.6. The third kappa shape index (κ3) is 4.86. The van der Waals surface area contributed by atoms with Gasteiger partial charge in [0.2, 0.25) is 15.9 Å². The van der Waals surface area contributed by atoms with E-state index in [-0.39, 0.29) is 17.3 Å². The van der Waals surface area contributed by atoms with Gasteiger partial charge in [0.25, 0.3) is 0 Å². The van der Waals surface area contributed by atoms with Crippen LogP contribution < -0.4 is 10.0 Å². The number of amides is 1. The van der Waals surface area contributed by atoms with Crippen molar-refractivity contribution in [1.29, 1.82) is 0 Å². The molecule has 1 amide bonds. The summed E-state index contributed by atoms with van der Waals surface area (Å²) in [6.45, 7) is 2.03. The molecule has 2 aromatic rings. The summed E-state index contributed by atoms with van der Waals surface area (Å²) in [5, 5.41) is 2.73. The molecule has 1 aliphatic carbocycles. The highest BCUT2D eigenvalue weighted by Crippen LogP contribution is 2.38. The smallest absolute Gasteiger partial charge is 0.240 e. The molecule has 7 nitrogen and oxygen atoms in total. The van der Waals surface area contributed by atoms with Gasteiger partial charge in [-0.05, 0) is 49.6 Å². The molecular weight excluding hydrogens is 352 g/mol. The number of aromatic nitrogens is 2. The zero-order valence-electron chi connectivity index (χ0n) is 14.6. The Kier molecular flexibility index (Phi) is 5.63. The molecule has 0 atom stereocenters. The summed E-state index contributed by atoms with van der Waals surface area (Å²) in [5.41, 5.74) is 2.20. The lowest BCUT2D eigenvalue weighted by Gasteiger charge is -2.09. The fraction of sp³-hybridized carbons (Fsp3) is 0.389. The summed E-state index contributed by atoms with van der Waals surface area (Å²) >= 11 is 0. The standard InChI is InChI=1S/C18H22N4O3S/c1-2-3-18(23)22-14-6-8-16(9-7-14)26(24,25)21-11-15-10-17(13-4-5-13)20-12-19-15/h6-10,12-13,21H,2-5,11H2,1H3,(H,22,23). The fourth-order valence-corrected chi connectivity index (χ4v) is 3.53. The van der Waals surface area contributed by atoms with Crippen molar-refractivity contribution >= 4 is 21.6 Å². The van der Waals surface area contributed by atoms with Crippen LogP contribution in [-0.4, -0.2) is 24.3 Å². The summed E-state index contributed by atoms with van der Waals surface area (Å²) in [7, 11) is -3.65. The van der Waals surface area contributed by atoms with Crippen molar-refractivity contribution in [2.45, 2.75) is 50.0 Å². The average Bonchev–Trinajstić information content (AvgIpc) is 3.46. The maximum Gasteiger partial charge on any atom is 0.240 e. The predicted octanol–water partition coefficient (Wildman–Crippen LogP) is 2.57. The van der Waals surface area contributed by atoms with Crippen molar-refractivity contribution < 1.29 is 13.2 Å². The van der Waals surface area contributed by atoms with Crippen LogP contribution in [0.1, 0.15) is 49.9 Å². The van der Waals surface area contributed by atoms with Crippen LogP contribution >= 0.6 is 0 Å². The molecule has 0 saturated heterocycles. The van der Waals surface area contributed by atoms with Crippen LogP contribution in [-0.2, 0) is 21.4 Å². The van der Waals surface area contributed by atoms with Gasteiger partial charge in [0.1, 0.15) is 6.33 Å². The Bertz CT molecular complexity index is 878. The predicted molar refractivity (Wildman–Crippen MR) is 98.0 cm³/mol. The Labute approximate surface area is 153 Å². The molecule has 26 heavy (non-hydrogen) atoms. The molecular formula is C18H22N4O3S. The highest BCUT2D eigenvalue weighted by Gasteiger charge is 2.25. The number of sulfonamides is 1. The second-order valence-electron chi connectivity index (χ2n) is 6.36. The third-order valence-electron chi connectivity index (χ3n) is 4.11. The topological polar surface area (TPSA) is 101 Å². The van der Waals surface area contributed by atoms with Gasteiger partial charge >= 0.3 is 0 Å². The van der Waals surface area contributed by atoms with Crippen LogP contribution in [0.5, 0.6) is 0 Å². The van der Waals surface area contributed by atoms with E-state index in [4.69, 9.17) is 0 Å². The van der Waals surface area contributed by atoms with Gasteiger partial charge < -0.3 is 5.32 Å². The molecule has 1 aromatic carbocycles. The number of hydrogen-bond acceptors (Lipinski definition) is 5. The molecule has 2 N–H and O–H groups in total. The molecule has 1 heterocycles. The highest BCUT2D eigenvalue weighted by atomic mass is 32.2. The van der Waals surface area contributed by atoms with E-state index in [0.717, 1.165) is 25.0 Å². The van der Waals surface area contributed by atoms with Gasteiger partial charge in [-0.1, -0.05) is 6.92 Å². The molecule has 0 radical (unpaired) electrons. The summed E-state index contributed by atoms with van der Waals surface area (Å²) in [6, 6.07) is 7.96. The molecule has 1 saturated carbocycles. The van der Waals surface area contributed by atoms with Crippen LogP contribution in [0.3, 0.4) is 0 Å². The van der Waals surface area contributed by atoms with Crippen LogP contribution in [0.2, 0.25) is 0 Å². The Hall–Kier alpha value is -2.32. The van der Waals surface area contributed by atoms with E-state index in [1.165, 1.54) is 18.5 Å². The van der Waals surface area contributed by atoms with E-state index in [2.05, 4.69) is 20.0 Å². The minimum absolute atomic E-state index is 0.0866. The van der Waals surface area contributed by atoms with Crippen LogP contribution in [0.25, 0.3) is 0 Å². The van der Waals surface area contributed by atoms with Crippen molar-refractivity contribution in [3.8, 4) is 0 Å². The minimum atomic E-state index is -3.65. The number of anilines is 1. The third-order valence-corrected chi connectivity index (χ3v) is 5.53. The largest absolute Gasteiger partial charge is 0.326 e. The van der Waals surface area contributed by atoms with E-state index < -0.39 is 10.0 Å². The van der Waals surface area contributed by atoms with Gasteiger partial charge in [0, 0.05) is 23.7 Å². The van der Waals surface area contributed by atoms with E-state index in [0.29, 0.717) is 23.7 Å². The fourth-order valence-electron chi connectivity index (χ4n) is 2.53. The molecule has 3 rings (SSSR count). The minimum Gasteiger partial charge on any atom is -0.326 e. The number of nitrogens with one attached hydrogen (secondary N) is 2. The first-order chi connectivity index (χ1) is 12.5. The first kappa shape index (κ1) is 18.5. The molecule has 0 aliphatic heterocycles. The lowest BCUT2D eigenvalue weighted by Crippen LogP contribution is -2.24. The van der Waals surface area contributed by atoms with Crippen molar-refractivity contribution in [3.63, 3.8) is 0 Å². The molecule has 0 unspecified atom stereocenters. The van der Waals surface area contributed by atoms with Crippen molar-refractivity contribution in [1.82, 2.24) is 14.7 Å². The summed E-state index contributed by atoms with van der Waals surface area (Å²) in [6.07, 6.45) is 4.93. The van der Waals surface area contributed by atoms with Gasteiger partial charge in [-0.2, -0.15) is 0 Å². The number of hydrogen-bond donors (Lipinski definition) is 2. The second-order valence-corrected chi connectivity index (χ2v) is 8.12. The van der Waals surface area contributed by atoms with Crippen LogP contribution in [0.15, 0.2) is 41.6 Å². The van der Waals surface area contributed by atoms with Crippen molar-refractivity contribution in [3.05, 3.63) is 48.0 Å². The quantitative estimate of drug-likeness (QED) is 0.739. The highest BCUT2D eigenvalue weighted by molar-refractivity contribution is 7.89. The molecule has 0 bridgehead atoms. The molecule has 1 aliphatic rings. The second kappa shape index (κ2) is 7.92. The molecule has 8 heteroatoms. The zero-order valence-corrected chi connectivity index (χ0v) is 15.4. The Morgan fingerprint density at radius 3 is 2.58 bits per heavy atom. The number of carbonyl (C=O) groups excluding carboxylic acids is 1. The first-order valence-corrected chi connectivity index (χ1v) is 10.2. The van der Waals surface area contributed by atoms with Crippen LogP contribution in [0.4, 0.5) is 5.69 Å². The SMILES string of the molecule is CCCC(=O)Nc1ccc(S(=O)(=O)NCc2cc(C3CC3)ncn2)cc1. The lowest BCUT2D eigenvalue weighted by molar-refractivity contribution is -0.116. The van der Waals surface area contributed by atoms with E-state index in [1.807, 2.05) is 13.0 Å². The monoisotopic (exact) mass is 374 g/mol. The van der Waals surface area contributed by atoms with Crippen molar-refractivity contribution in [2.75, 3.05) is 5.32 Å². The van der Waals surface area contributed by atoms with E-state index in [1.54, 1.807) is 12.1 Å². The normalized spacial score (nSPS) is 14.2. The number of benzene rings is 1. The number of rotatable bonds is 8. The molecule has 1 fully saturated rings. The Morgan fingerprint density at radius 1 is 1.19 bits per heavy atom. The molecule has 1 aromatic heterocycles. The van der Waals surface area contributed by atoms with Gasteiger partial charge in [-0.15, -0.1) is 0 Å². The van der Waals surface area contributed by atoms with Crippen molar-refractivity contribution in [2.24, 2.45) is 0 Å². The summed E-state index contributed by atoms with van der Waals surface area (Å²) in [4.78, 5) is 20.1. The maximum atomic E-state index is 12.4. The van der Waals surface area contributed by atoms with E-state index >= 15 is 0 Å². The summed E-state index contributed by atoms with van der Waals surface area (Å²) in [5.74, 6) is 0.403. The Balaban J connectivity index is 1.62. The maximum absolute atomic E-state index is 12.4.